The van der Waals surface area contributed by atoms with Crippen molar-refractivity contribution in [2.45, 2.75) is 44.4 Å². The zero-order valence-corrected chi connectivity index (χ0v) is 21.2. The topological polar surface area (TPSA) is 53.4 Å². The van der Waals surface area contributed by atoms with Crippen molar-refractivity contribution < 1.29 is 14.3 Å². The van der Waals surface area contributed by atoms with Crippen LogP contribution in [0.25, 0.3) is 22.0 Å². The van der Waals surface area contributed by atoms with Crippen molar-refractivity contribution in [1.29, 1.82) is 0 Å². The predicted octanol–water partition coefficient (Wildman–Crippen LogP) is 6.48. The highest BCUT2D eigenvalue weighted by Crippen LogP contribution is 2.34. The summed E-state index contributed by atoms with van der Waals surface area (Å²) in [5.74, 6) is 1.22. The van der Waals surface area contributed by atoms with Gasteiger partial charge < -0.3 is 14.0 Å². The van der Waals surface area contributed by atoms with E-state index in [-0.39, 0.29) is 11.9 Å². The van der Waals surface area contributed by atoms with Gasteiger partial charge in [0.25, 0.3) is 0 Å². The third-order valence-corrected chi connectivity index (χ3v) is 7.63. The molecule has 3 heterocycles. The normalized spacial score (nSPS) is 15.6. The first kappa shape index (κ1) is 23.6. The van der Waals surface area contributed by atoms with Gasteiger partial charge >= 0.3 is 0 Å². The van der Waals surface area contributed by atoms with Crippen LogP contribution in [0, 0.1) is 13.8 Å². The van der Waals surface area contributed by atoms with Crippen LogP contribution in [0.15, 0.2) is 65.7 Å². The Labute approximate surface area is 210 Å². The summed E-state index contributed by atoms with van der Waals surface area (Å²) in [6.07, 6.45) is 2.44. The van der Waals surface area contributed by atoms with E-state index >= 15 is 0 Å². The molecule has 180 valence electrons. The van der Waals surface area contributed by atoms with Gasteiger partial charge in [-0.25, -0.2) is 4.98 Å². The van der Waals surface area contributed by atoms with Crippen molar-refractivity contribution in [3.05, 3.63) is 77.6 Å². The molecule has 0 spiro atoms. The molecule has 0 unspecified atom stereocenters. The Balaban J connectivity index is 1.40. The minimum atomic E-state index is 0.121. The van der Waals surface area contributed by atoms with Crippen LogP contribution in [0.2, 0.25) is 0 Å². The monoisotopic (exact) mass is 486 g/mol. The summed E-state index contributed by atoms with van der Waals surface area (Å²) in [6, 6.07) is 20.3. The molecule has 1 aliphatic rings. The van der Waals surface area contributed by atoms with E-state index in [0.717, 1.165) is 75.7 Å². The number of ether oxygens (including phenoxy) is 2. The Morgan fingerprint density at radius 2 is 1.97 bits per heavy atom. The van der Waals surface area contributed by atoms with E-state index in [0.29, 0.717) is 5.75 Å². The fraction of sp³-hybridized carbons (Fsp3) is 0.310. The van der Waals surface area contributed by atoms with Crippen molar-refractivity contribution in [1.82, 2.24) is 9.55 Å². The second kappa shape index (κ2) is 10.3. The van der Waals surface area contributed by atoms with Gasteiger partial charge in [-0.05, 0) is 62.1 Å². The summed E-state index contributed by atoms with van der Waals surface area (Å²) >= 11 is 1.48. The predicted molar refractivity (Wildman–Crippen MR) is 142 cm³/mol. The number of ketones is 1. The number of methoxy groups -OCH3 is 1. The zero-order chi connectivity index (χ0) is 24.4. The third-order valence-electron chi connectivity index (χ3n) is 6.71. The molecule has 1 fully saturated rings. The number of hydrogen-bond acceptors (Lipinski definition) is 5. The quantitative estimate of drug-likeness (QED) is 0.211. The summed E-state index contributed by atoms with van der Waals surface area (Å²) in [5, 5.41) is 1.89. The largest absolute Gasteiger partial charge is 0.497 e. The maximum absolute atomic E-state index is 13.2. The van der Waals surface area contributed by atoms with Gasteiger partial charge in [0.05, 0.1) is 29.5 Å². The van der Waals surface area contributed by atoms with E-state index in [1.807, 2.05) is 49.4 Å². The number of aromatic nitrogens is 2. The molecule has 0 N–H and O–H groups in total. The lowest BCUT2D eigenvalue weighted by molar-refractivity contribution is 0.0957. The molecular formula is C29H30N2O3S. The molecule has 1 saturated heterocycles. The maximum atomic E-state index is 13.2. The fourth-order valence-electron chi connectivity index (χ4n) is 4.81. The lowest BCUT2D eigenvalue weighted by Gasteiger charge is -2.14. The van der Waals surface area contributed by atoms with E-state index in [9.17, 15) is 4.79 Å². The minimum Gasteiger partial charge on any atom is -0.497 e. The Kier molecular flexibility index (Phi) is 6.93. The highest BCUT2D eigenvalue weighted by molar-refractivity contribution is 7.99. The average Bonchev–Trinajstić information content (AvgIpc) is 3.50. The number of benzene rings is 2. The number of carbonyl (C=O) groups excluding carboxylic acids is 1. The Hall–Kier alpha value is -3.09. The van der Waals surface area contributed by atoms with Gasteiger partial charge in [0, 0.05) is 41.6 Å². The number of nitrogens with zero attached hydrogens (tertiary/aromatic N) is 2. The molecule has 0 bridgehead atoms. The number of thioether (sulfide) groups is 1. The van der Waals surface area contributed by atoms with Crippen LogP contribution in [-0.2, 0) is 11.3 Å². The van der Waals surface area contributed by atoms with E-state index in [1.165, 1.54) is 11.8 Å². The summed E-state index contributed by atoms with van der Waals surface area (Å²) in [4.78, 5) is 18.1. The minimum absolute atomic E-state index is 0.121. The van der Waals surface area contributed by atoms with Crippen LogP contribution in [0.1, 0.15) is 34.6 Å². The van der Waals surface area contributed by atoms with E-state index in [4.69, 9.17) is 14.5 Å². The van der Waals surface area contributed by atoms with Crippen LogP contribution >= 0.6 is 11.8 Å². The zero-order valence-electron chi connectivity index (χ0n) is 20.4. The molecular weight excluding hydrogens is 456 g/mol. The molecule has 0 aliphatic carbocycles. The maximum Gasteiger partial charge on any atom is 0.174 e. The number of fused-ring (bicyclic) bond motifs is 1. The van der Waals surface area contributed by atoms with Gasteiger partial charge in [-0.3, -0.25) is 4.79 Å². The van der Waals surface area contributed by atoms with Gasteiger partial charge in [-0.15, -0.1) is 0 Å². The van der Waals surface area contributed by atoms with Gasteiger partial charge in [-0.2, -0.15) is 0 Å². The van der Waals surface area contributed by atoms with Gasteiger partial charge in [-0.1, -0.05) is 42.1 Å². The first-order chi connectivity index (χ1) is 17.0. The average molecular weight is 487 g/mol. The molecule has 0 amide bonds. The second-order valence-corrected chi connectivity index (χ2v) is 10.00. The number of hydrogen-bond donors (Lipinski definition) is 0. The molecule has 35 heavy (non-hydrogen) atoms. The van der Waals surface area contributed by atoms with Gasteiger partial charge in [0.2, 0.25) is 0 Å². The first-order valence-corrected chi connectivity index (χ1v) is 13.0. The highest BCUT2D eigenvalue weighted by Gasteiger charge is 2.21. The number of Topliss-reactive ketones (excluding diaryl/α,β-unsaturated/α-hetero) is 1. The summed E-state index contributed by atoms with van der Waals surface area (Å²) in [7, 11) is 1.66. The molecule has 5 nitrogen and oxygen atoms in total. The smallest absolute Gasteiger partial charge is 0.174 e. The highest BCUT2D eigenvalue weighted by atomic mass is 32.2. The summed E-state index contributed by atoms with van der Waals surface area (Å²) in [6.45, 7) is 5.75. The van der Waals surface area contributed by atoms with E-state index < -0.39 is 0 Å². The van der Waals surface area contributed by atoms with Crippen LogP contribution in [0.4, 0.5) is 0 Å². The van der Waals surface area contributed by atoms with Crippen LogP contribution in [-0.4, -0.2) is 40.9 Å². The van der Waals surface area contributed by atoms with Gasteiger partial charge in [0.15, 0.2) is 5.78 Å². The van der Waals surface area contributed by atoms with Crippen LogP contribution in [0.5, 0.6) is 5.75 Å². The van der Waals surface area contributed by atoms with Crippen LogP contribution < -0.4 is 4.74 Å². The molecule has 0 saturated carbocycles. The fourth-order valence-corrected chi connectivity index (χ4v) is 5.61. The number of pyridine rings is 1. The van der Waals surface area contributed by atoms with Crippen molar-refractivity contribution in [2.75, 3.05) is 19.5 Å². The molecule has 2 aromatic carbocycles. The summed E-state index contributed by atoms with van der Waals surface area (Å²) < 4.78 is 13.5. The molecule has 2 aromatic heterocycles. The van der Waals surface area contributed by atoms with E-state index in [2.05, 4.69) is 29.7 Å². The molecule has 5 rings (SSSR count). The van der Waals surface area contributed by atoms with Crippen molar-refractivity contribution in [2.24, 2.45) is 0 Å². The van der Waals surface area contributed by atoms with Gasteiger partial charge in [0.1, 0.15) is 5.75 Å². The van der Waals surface area contributed by atoms with Crippen LogP contribution in [0.3, 0.4) is 0 Å². The summed E-state index contributed by atoms with van der Waals surface area (Å²) in [5.41, 5.74) is 5.99. The number of rotatable bonds is 8. The van der Waals surface area contributed by atoms with E-state index in [1.54, 1.807) is 7.11 Å². The molecule has 6 heteroatoms. The third kappa shape index (κ3) is 5.00. The lowest BCUT2D eigenvalue weighted by atomic mass is 10.0. The molecule has 1 aliphatic heterocycles. The van der Waals surface area contributed by atoms with Crippen molar-refractivity contribution in [3.8, 4) is 16.9 Å². The molecule has 0 radical (unpaired) electrons. The number of carbonyl (C=O) groups is 1. The Morgan fingerprint density at radius 1 is 1.14 bits per heavy atom. The lowest BCUT2D eigenvalue weighted by Crippen LogP contribution is -2.17. The Morgan fingerprint density at radius 3 is 2.71 bits per heavy atom. The molecule has 1 atom stereocenters. The molecule has 4 aromatic rings. The standard InChI is InChI=1S/C29H30N2O3S/c1-19-14-25(20(2)31(19)17-23-10-7-13-34-23)28(32)18-35-29-16-26(21-8-5-4-6-9-21)24-12-11-22(33-3)15-27(24)30-29/h4-6,8-9,11-12,14-16,23H,7,10,13,17-18H2,1-3H3/t23-/m1/s1. The second-order valence-electron chi connectivity index (χ2n) is 9.00. The first-order valence-electron chi connectivity index (χ1n) is 12.0. The Bertz CT molecular complexity index is 1360. The SMILES string of the molecule is COc1ccc2c(-c3ccccc3)cc(SCC(=O)c3cc(C)n(C[C@H]4CCCO4)c3C)nc2c1. The number of aryl methyl sites for hydroxylation is 1. The van der Waals surface area contributed by atoms with Crippen molar-refractivity contribution in [3.63, 3.8) is 0 Å². The van der Waals surface area contributed by atoms with Crippen molar-refractivity contribution >= 4 is 28.4 Å².